The van der Waals surface area contributed by atoms with Gasteiger partial charge in [0.05, 0.1) is 5.41 Å². The average molecular weight is 529 g/mol. The number of hydrogen-bond acceptors (Lipinski definition) is 0. The highest BCUT2D eigenvalue weighted by molar-refractivity contribution is 5.94. The zero-order chi connectivity index (χ0) is 28.4. The van der Waals surface area contributed by atoms with Crippen LogP contribution >= 0.6 is 0 Å². The average Bonchev–Trinajstić information content (AvgIpc) is 3.51. The topological polar surface area (TPSA) is 0 Å². The van der Waals surface area contributed by atoms with Gasteiger partial charge in [-0.25, -0.2) is 0 Å². The van der Waals surface area contributed by atoms with Crippen LogP contribution in [-0.4, -0.2) is 0 Å². The molecule has 2 aliphatic rings. The van der Waals surface area contributed by atoms with Crippen molar-refractivity contribution in [1.29, 1.82) is 0 Å². The highest BCUT2D eigenvalue weighted by atomic mass is 14.5. The first-order chi connectivity index (χ1) is 18.4. The van der Waals surface area contributed by atoms with E-state index in [-0.39, 0.29) is 20.3 Å². The minimum absolute atomic E-state index is 0. The molecule has 0 bridgehead atoms. The van der Waals surface area contributed by atoms with Crippen molar-refractivity contribution in [2.24, 2.45) is 0 Å². The lowest BCUT2D eigenvalue weighted by molar-refractivity contribution is 0.794. The van der Waals surface area contributed by atoms with Gasteiger partial charge in [0.1, 0.15) is 0 Å². The van der Waals surface area contributed by atoms with E-state index in [0.717, 1.165) is 0 Å². The predicted molar refractivity (Wildman–Crippen MR) is 184 cm³/mol. The third-order valence-corrected chi connectivity index (χ3v) is 5.90. The molecule has 0 saturated heterocycles. The van der Waals surface area contributed by atoms with Crippen LogP contribution in [0.1, 0.15) is 120 Å². The smallest absolute Gasteiger partial charge is 0.0725 e. The van der Waals surface area contributed by atoms with E-state index < -0.39 is 0 Å². The standard InChI is InChI=1S/C25H16.6C2H6.2CH4/c1-5-13-21-17(9-1)18-10-2-6-14-22(18)25(21)23-15-7-3-11-19(23)20-12-4-8-16-24(20)25;6*1-2;;/h1-16H;6*1-2H3;2*1H4. The summed E-state index contributed by atoms with van der Waals surface area (Å²) in [6.45, 7) is 24.0. The van der Waals surface area contributed by atoms with Crippen LogP contribution < -0.4 is 0 Å². The van der Waals surface area contributed by atoms with Crippen LogP contribution in [0.2, 0.25) is 0 Å². The first kappa shape index (κ1) is 40.4. The third-order valence-electron chi connectivity index (χ3n) is 5.90. The molecule has 0 unspecified atom stereocenters. The second-order valence-corrected chi connectivity index (χ2v) is 6.93. The summed E-state index contributed by atoms with van der Waals surface area (Å²) in [4.78, 5) is 0. The largest absolute Gasteiger partial charge is 0.0776 e. The van der Waals surface area contributed by atoms with Crippen molar-refractivity contribution in [3.63, 3.8) is 0 Å². The number of fused-ring (bicyclic) bond motifs is 10. The van der Waals surface area contributed by atoms with Crippen molar-refractivity contribution in [2.45, 2.75) is 103 Å². The molecule has 0 nitrogen and oxygen atoms in total. The molecule has 0 heteroatoms. The highest BCUT2D eigenvalue weighted by Crippen LogP contribution is 2.62. The first-order valence-electron chi connectivity index (χ1n) is 14.8. The molecule has 4 aromatic rings. The van der Waals surface area contributed by atoms with Crippen LogP contribution in [0.15, 0.2) is 97.1 Å². The number of benzene rings is 4. The van der Waals surface area contributed by atoms with E-state index in [0.29, 0.717) is 0 Å². The maximum atomic E-state index is 2.31. The van der Waals surface area contributed by atoms with Gasteiger partial charge >= 0.3 is 0 Å². The molecule has 0 heterocycles. The molecular formula is C39H60. The Bertz CT molecular complexity index is 962. The summed E-state index contributed by atoms with van der Waals surface area (Å²) in [6, 6.07) is 35.7. The Kier molecular flexibility index (Phi) is 22.5. The summed E-state index contributed by atoms with van der Waals surface area (Å²) < 4.78 is 0. The minimum Gasteiger partial charge on any atom is -0.0776 e. The van der Waals surface area contributed by atoms with Gasteiger partial charge in [0, 0.05) is 0 Å². The molecule has 39 heavy (non-hydrogen) atoms. The summed E-state index contributed by atoms with van der Waals surface area (Å²) >= 11 is 0. The molecule has 0 fully saturated rings. The van der Waals surface area contributed by atoms with Crippen molar-refractivity contribution >= 4 is 0 Å². The Morgan fingerprint density at radius 1 is 0.282 bits per heavy atom. The Morgan fingerprint density at radius 2 is 0.436 bits per heavy atom. The zero-order valence-corrected chi connectivity index (χ0v) is 25.7. The molecule has 0 N–H and O–H groups in total. The molecular weight excluding hydrogens is 468 g/mol. The second-order valence-electron chi connectivity index (χ2n) is 6.93. The van der Waals surface area contributed by atoms with Crippen LogP contribution in [0.25, 0.3) is 22.3 Å². The number of rotatable bonds is 0. The van der Waals surface area contributed by atoms with Crippen LogP contribution in [0.5, 0.6) is 0 Å². The summed E-state index contributed by atoms with van der Waals surface area (Å²) in [5, 5.41) is 0. The van der Waals surface area contributed by atoms with Crippen LogP contribution in [-0.2, 0) is 5.41 Å². The molecule has 4 aromatic carbocycles. The van der Waals surface area contributed by atoms with Gasteiger partial charge in [-0.05, 0) is 44.5 Å². The molecule has 0 saturated carbocycles. The maximum Gasteiger partial charge on any atom is 0.0725 e. The van der Waals surface area contributed by atoms with Gasteiger partial charge in [0.2, 0.25) is 0 Å². The summed E-state index contributed by atoms with van der Waals surface area (Å²) in [7, 11) is 0. The van der Waals surface area contributed by atoms with E-state index in [1.54, 1.807) is 0 Å². The van der Waals surface area contributed by atoms with Crippen molar-refractivity contribution in [2.75, 3.05) is 0 Å². The SMILES string of the molecule is C.C.CC.CC.CC.CC.CC.CC.c1ccc2c(c1)-c1ccccc1C21c2ccccc2-c2ccccc21. The molecule has 0 amide bonds. The Labute approximate surface area is 244 Å². The number of hydrogen-bond donors (Lipinski definition) is 0. The lowest BCUT2D eigenvalue weighted by Gasteiger charge is -2.30. The predicted octanol–water partition coefficient (Wildman–Crippen LogP) is 13.5. The highest BCUT2D eigenvalue weighted by Gasteiger charge is 2.51. The molecule has 0 aromatic heterocycles. The van der Waals surface area contributed by atoms with Crippen LogP contribution in [0.4, 0.5) is 0 Å². The lowest BCUT2D eigenvalue weighted by atomic mass is 9.70. The molecule has 0 aliphatic heterocycles. The van der Waals surface area contributed by atoms with E-state index in [9.17, 15) is 0 Å². The summed E-state index contributed by atoms with van der Waals surface area (Å²) in [6.07, 6.45) is 0. The quantitative estimate of drug-likeness (QED) is 0.184. The summed E-state index contributed by atoms with van der Waals surface area (Å²) in [5.74, 6) is 0. The van der Waals surface area contributed by atoms with E-state index in [1.807, 2.05) is 83.1 Å². The van der Waals surface area contributed by atoms with E-state index >= 15 is 0 Å². The Hall–Kier alpha value is -3.12. The summed E-state index contributed by atoms with van der Waals surface area (Å²) in [5.41, 5.74) is 10.9. The van der Waals surface area contributed by atoms with Gasteiger partial charge in [-0.2, -0.15) is 0 Å². The van der Waals surface area contributed by atoms with Gasteiger partial charge in [0.15, 0.2) is 0 Å². The van der Waals surface area contributed by atoms with Crippen molar-refractivity contribution in [3.05, 3.63) is 119 Å². The molecule has 6 rings (SSSR count). The lowest BCUT2D eigenvalue weighted by Crippen LogP contribution is -2.25. The third kappa shape index (κ3) is 7.10. The van der Waals surface area contributed by atoms with Gasteiger partial charge in [-0.3, -0.25) is 0 Å². The fourth-order valence-electron chi connectivity index (χ4n) is 5.05. The minimum atomic E-state index is -0.180. The molecule has 2 aliphatic carbocycles. The molecule has 1 spiro atoms. The van der Waals surface area contributed by atoms with Gasteiger partial charge in [-0.15, -0.1) is 0 Å². The maximum absolute atomic E-state index is 2.31. The van der Waals surface area contributed by atoms with E-state index in [4.69, 9.17) is 0 Å². The second kappa shape index (κ2) is 21.8. The fraction of sp³-hybridized carbons (Fsp3) is 0.385. The normalized spacial score (nSPS) is 10.4. The fourth-order valence-corrected chi connectivity index (χ4v) is 5.05. The molecule has 0 radical (unpaired) electrons. The Morgan fingerprint density at radius 3 is 0.615 bits per heavy atom. The van der Waals surface area contributed by atoms with Gasteiger partial charge in [0.25, 0.3) is 0 Å². The first-order valence-corrected chi connectivity index (χ1v) is 14.8. The van der Waals surface area contributed by atoms with E-state index in [1.165, 1.54) is 44.5 Å². The molecule has 216 valence electrons. The zero-order valence-electron chi connectivity index (χ0n) is 25.7. The van der Waals surface area contributed by atoms with Gasteiger partial charge < -0.3 is 0 Å². The van der Waals surface area contributed by atoms with Gasteiger partial charge in [-0.1, -0.05) is 195 Å². The van der Waals surface area contributed by atoms with Crippen LogP contribution in [0.3, 0.4) is 0 Å². The van der Waals surface area contributed by atoms with Crippen LogP contribution in [0, 0.1) is 0 Å². The van der Waals surface area contributed by atoms with Crippen molar-refractivity contribution < 1.29 is 0 Å². The Balaban J connectivity index is -0.000000830. The van der Waals surface area contributed by atoms with Crippen molar-refractivity contribution in [1.82, 2.24) is 0 Å². The molecule has 0 atom stereocenters. The monoisotopic (exact) mass is 528 g/mol. The van der Waals surface area contributed by atoms with Crippen molar-refractivity contribution in [3.8, 4) is 22.3 Å². The van der Waals surface area contributed by atoms with E-state index in [2.05, 4.69) is 97.1 Å².